The van der Waals surface area contributed by atoms with E-state index in [1.54, 1.807) is 18.2 Å². The van der Waals surface area contributed by atoms with Gasteiger partial charge in [0.1, 0.15) is 28.3 Å². The van der Waals surface area contributed by atoms with Crippen LogP contribution in [0.2, 0.25) is 0 Å². The minimum atomic E-state index is -0.956. The molecule has 1 aliphatic rings. The van der Waals surface area contributed by atoms with E-state index in [-0.39, 0.29) is 22.9 Å². The number of thioether (sulfide) groups is 1. The van der Waals surface area contributed by atoms with Gasteiger partial charge in [-0.05, 0) is 48.4 Å². The average molecular weight is 385 g/mol. The summed E-state index contributed by atoms with van der Waals surface area (Å²) in [6.07, 6.45) is 0.266. The van der Waals surface area contributed by atoms with E-state index in [9.17, 15) is 23.6 Å². The van der Waals surface area contributed by atoms with Gasteiger partial charge >= 0.3 is 0 Å². The van der Waals surface area contributed by atoms with Crippen LogP contribution in [-0.4, -0.2) is 17.1 Å². The van der Waals surface area contributed by atoms with Crippen molar-refractivity contribution in [3.8, 4) is 6.07 Å². The fraction of sp³-hybridized carbons (Fsp3) is 0.105. The number of amides is 2. The summed E-state index contributed by atoms with van der Waals surface area (Å²) in [7, 11) is 0. The first-order valence-corrected chi connectivity index (χ1v) is 8.73. The second-order valence-corrected chi connectivity index (χ2v) is 6.93. The number of nitrogens with two attached hydrogens (primary N) is 1. The first-order valence-electron chi connectivity index (χ1n) is 7.85. The molecule has 0 aromatic heterocycles. The van der Waals surface area contributed by atoms with E-state index in [2.05, 4.69) is 0 Å². The van der Waals surface area contributed by atoms with Crippen LogP contribution in [0.3, 0.4) is 0 Å². The molecule has 0 radical (unpaired) electrons. The van der Waals surface area contributed by atoms with E-state index in [1.165, 1.54) is 41.3 Å². The normalized spacial score (nSPS) is 18.3. The number of nitrogens with zero attached hydrogens (tertiary/aromatic N) is 2. The molecule has 0 saturated carbocycles. The third kappa shape index (κ3) is 3.83. The summed E-state index contributed by atoms with van der Waals surface area (Å²) in [4.78, 5) is 25.8. The van der Waals surface area contributed by atoms with Crippen molar-refractivity contribution in [1.29, 1.82) is 5.26 Å². The molecule has 0 aliphatic carbocycles. The van der Waals surface area contributed by atoms with Crippen molar-refractivity contribution in [2.75, 3.05) is 4.90 Å². The van der Waals surface area contributed by atoms with Crippen molar-refractivity contribution in [3.05, 3.63) is 76.3 Å². The SMILES string of the molecule is N#C/C(C(N)=O)=C1/SC(Cc2ccc(F)cc2)C(=O)N1c1ccc(F)cc1. The van der Waals surface area contributed by atoms with Gasteiger partial charge in [0, 0.05) is 5.69 Å². The van der Waals surface area contributed by atoms with E-state index >= 15 is 0 Å². The molecule has 2 aromatic rings. The second-order valence-electron chi connectivity index (χ2n) is 5.74. The van der Waals surface area contributed by atoms with Crippen LogP contribution in [0.5, 0.6) is 0 Å². The molecular weight excluding hydrogens is 372 g/mol. The predicted molar refractivity (Wildman–Crippen MR) is 97.2 cm³/mol. The number of nitriles is 1. The second kappa shape index (κ2) is 7.60. The maximum absolute atomic E-state index is 13.2. The first-order chi connectivity index (χ1) is 12.9. The van der Waals surface area contributed by atoms with E-state index in [4.69, 9.17) is 5.73 Å². The molecule has 0 bridgehead atoms. The van der Waals surface area contributed by atoms with Crippen LogP contribution < -0.4 is 10.6 Å². The summed E-state index contributed by atoms with van der Waals surface area (Å²) >= 11 is 1.03. The van der Waals surface area contributed by atoms with Crippen LogP contribution in [0, 0.1) is 23.0 Å². The van der Waals surface area contributed by atoms with Crippen LogP contribution in [0.4, 0.5) is 14.5 Å². The largest absolute Gasteiger partial charge is 0.365 e. The summed E-state index contributed by atoms with van der Waals surface area (Å²) in [5.74, 6) is -2.21. The van der Waals surface area contributed by atoms with Crippen LogP contribution in [-0.2, 0) is 16.0 Å². The zero-order chi connectivity index (χ0) is 19.6. The van der Waals surface area contributed by atoms with Crippen LogP contribution in [0.15, 0.2) is 59.1 Å². The van der Waals surface area contributed by atoms with Gasteiger partial charge in [-0.3, -0.25) is 14.5 Å². The molecule has 8 heteroatoms. The van der Waals surface area contributed by atoms with E-state index in [0.29, 0.717) is 5.69 Å². The Hall–Kier alpha value is -3.18. The highest BCUT2D eigenvalue weighted by Crippen LogP contribution is 2.41. The highest BCUT2D eigenvalue weighted by molar-refractivity contribution is 8.05. The van der Waals surface area contributed by atoms with Gasteiger partial charge in [0.05, 0.1) is 5.25 Å². The van der Waals surface area contributed by atoms with Gasteiger partial charge in [-0.2, -0.15) is 5.26 Å². The van der Waals surface area contributed by atoms with Crippen molar-refractivity contribution in [3.63, 3.8) is 0 Å². The van der Waals surface area contributed by atoms with Gasteiger partial charge in [-0.15, -0.1) is 0 Å². The number of halogens is 2. The number of hydrogen-bond donors (Lipinski definition) is 1. The Morgan fingerprint density at radius 3 is 2.19 bits per heavy atom. The molecule has 1 atom stereocenters. The Bertz CT molecular complexity index is 966. The molecule has 1 heterocycles. The maximum atomic E-state index is 13.2. The zero-order valence-electron chi connectivity index (χ0n) is 13.9. The van der Waals surface area contributed by atoms with Crippen LogP contribution in [0.1, 0.15) is 5.56 Å². The number of hydrogen-bond acceptors (Lipinski definition) is 4. The Labute approximate surface area is 158 Å². The summed E-state index contributed by atoms with van der Waals surface area (Å²) < 4.78 is 26.3. The van der Waals surface area contributed by atoms with E-state index in [1.807, 2.05) is 0 Å². The van der Waals surface area contributed by atoms with Crippen molar-refractivity contribution >= 4 is 29.3 Å². The van der Waals surface area contributed by atoms with Crippen LogP contribution >= 0.6 is 11.8 Å². The third-order valence-electron chi connectivity index (χ3n) is 3.94. The van der Waals surface area contributed by atoms with Crippen LogP contribution in [0.25, 0.3) is 0 Å². The molecule has 1 unspecified atom stereocenters. The van der Waals surface area contributed by atoms with Gasteiger partial charge in [0.25, 0.3) is 5.91 Å². The Morgan fingerprint density at radius 2 is 1.67 bits per heavy atom. The molecule has 5 nitrogen and oxygen atoms in total. The Morgan fingerprint density at radius 1 is 1.11 bits per heavy atom. The van der Waals surface area contributed by atoms with E-state index < -0.39 is 22.8 Å². The third-order valence-corrected chi connectivity index (χ3v) is 5.21. The molecule has 2 aromatic carbocycles. The molecule has 136 valence electrons. The van der Waals surface area contributed by atoms with Gasteiger partial charge in [0.2, 0.25) is 5.91 Å². The average Bonchev–Trinajstić information content (AvgIpc) is 2.94. The lowest BCUT2D eigenvalue weighted by atomic mass is 10.1. The van der Waals surface area contributed by atoms with Gasteiger partial charge in [0.15, 0.2) is 0 Å². The quantitative estimate of drug-likeness (QED) is 0.648. The highest BCUT2D eigenvalue weighted by Gasteiger charge is 2.40. The van der Waals surface area contributed by atoms with Crippen molar-refractivity contribution < 1.29 is 18.4 Å². The fourth-order valence-electron chi connectivity index (χ4n) is 2.66. The monoisotopic (exact) mass is 385 g/mol. The van der Waals surface area contributed by atoms with Gasteiger partial charge in [-0.1, -0.05) is 23.9 Å². The summed E-state index contributed by atoms with van der Waals surface area (Å²) in [5.41, 5.74) is 5.97. The molecule has 3 rings (SSSR count). The number of carbonyl (C=O) groups excluding carboxylic acids is 2. The lowest BCUT2D eigenvalue weighted by Gasteiger charge is -2.18. The highest BCUT2D eigenvalue weighted by atomic mass is 32.2. The number of primary amides is 1. The molecule has 0 spiro atoms. The Kier molecular flexibility index (Phi) is 5.23. The van der Waals surface area contributed by atoms with Gasteiger partial charge < -0.3 is 5.73 Å². The Balaban J connectivity index is 2.01. The minimum absolute atomic E-state index is 0.105. The molecular formula is C19H13F2N3O2S. The molecule has 2 amide bonds. The number of carbonyl (C=O) groups is 2. The fourth-order valence-corrected chi connectivity index (χ4v) is 3.98. The molecule has 2 N–H and O–H groups in total. The molecule has 1 aliphatic heterocycles. The predicted octanol–water partition coefficient (Wildman–Crippen LogP) is 2.88. The molecule has 27 heavy (non-hydrogen) atoms. The lowest BCUT2D eigenvalue weighted by Crippen LogP contribution is -2.31. The summed E-state index contributed by atoms with van der Waals surface area (Å²) in [6, 6.07) is 12.5. The smallest absolute Gasteiger partial charge is 0.262 e. The minimum Gasteiger partial charge on any atom is -0.365 e. The lowest BCUT2D eigenvalue weighted by molar-refractivity contribution is -0.117. The number of benzene rings is 2. The molecule has 1 fully saturated rings. The summed E-state index contributed by atoms with van der Waals surface area (Å²) in [5, 5.41) is 8.76. The van der Waals surface area contributed by atoms with Crippen molar-refractivity contribution in [2.45, 2.75) is 11.7 Å². The number of anilines is 1. The first kappa shape index (κ1) is 18.6. The van der Waals surface area contributed by atoms with Crippen molar-refractivity contribution in [1.82, 2.24) is 0 Å². The van der Waals surface area contributed by atoms with E-state index in [0.717, 1.165) is 17.3 Å². The van der Waals surface area contributed by atoms with Crippen molar-refractivity contribution in [2.24, 2.45) is 5.73 Å². The topological polar surface area (TPSA) is 87.2 Å². The standard InChI is InChI=1S/C19H13F2N3O2S/c20-12-3-1-11(2-4-12)9-16-18(26)24(14-7-5-13(21)6-8-14)19(27-16)15(10-22)17(23)25/h1-8,16H,9H2,(H2,23,25)/b19-15-. The summed E-state index contributed by atoms with van der Waals surface area (Å²) in [6.45, 7) is 0. The maximum Gasteiger partial charge on any atom is 0.262 e. The molecule has 1 saturated heterocycles. The number of rotatable bonds is 4. The zero-order valence-corrected chi connectivity index (χ0v) is 14.7. The van der Waals surface area contributed by atoms with Gasteiger partial charge in [-0.25, -0.2) is 8.78 Å².